The second-order valence-electron chi connectivity index (χ2n) is 7.36. The number of benzene rings is 3. The zero-order valence-corrected chi connectivity index (χ0v) is 19.7. The number of oxazole rings is 1. The largest absolute Gasteiger partial charge is 0.457 e. The fourth-order valence-electron chi connectivity index (χ4n) is 3.38. The Bertz CT molecular complexity index is 1500. The number of nitrogens with zero attached hydrogens (tertiary/aromatic N) is 1. The number of carbonyl (C=O) groups excluding carboxylic acids is 1. The first-order valence-electron chi connectivity index (χ1n) is 10.2. The van der Waals surface area contributed by atoms with E-state index >= 15 is 0 Å². The molecule has 0 unspecified atom stereocenters. The lowest BCUT2D eigenvalue weighted by Crippen LogP contribution is -2.08. The van der Waals surface area contributed by atoms with Crippen LogP contribution in [0.5, 0.6) is 0 Å². The first kappa shape index (κ1) is 22.3. The molecular weight excluding hydrogens is 495 g/mol. The van der Waals surface area contributed by atoms with Gasteiger partial charge in [-0.3, -0.25) is 4.79 Å². The van der Waals surface area contributed by atoms with Gasteiger partial charge in [0.25, 0.3) is 0 Å². The van der Waals surface area contributed by atoms with Crippen LogP contribution in [0.1, 0.15) is 5.76 Å². The number of amides is 1. The first-order chi connectivity index (χ1) is 16.4. The summed E-state index contributed by atoms with van der Waals surface area (Å²) in [5, 5.41) is 4.18. The Hall–Kier alpha value is -3.51. The number of fused-ring (bicyclic) bond motifs is 1. The van der Waals surface area contributed by atoms with Crippen molar-refractivity contribution in [3.63, 3.8) is 0 Å². The van der Waals surface area contributed by atoms with E-state index < -0.39 is 0 Å². The van der Waals surface area contributed by atoms with Crippen LogP contribution in [0.15, 0.2) is 87.7 Å². The number of halogens is 3. The topological polar surface area (TPSA) is 68.3 Å². The highest BCUT2D eigenvalue weighted by molar-refractivity contribution is 6.35. The summed E-state index contributed by atoms with van der Waals surface area (Å²) in [6.07, 6.45) is 2.92. The van der Waals surface area contributed by atoms with Crippen molar-refractivity contribution in [3.8, 4) is 22.8 Å². The minimum absolute atomic E-state index is 0.375. The van der Waals surface area contributed by atoms with Crippen LogP contribution in [0.2, 0.25) is 15.1 Å². The van der Waals surface area contributed by atoms with Gasteiger partial charge in [0.15, 0.2) is 5.58 Å². The summed E-state index contributed by atoms with van der Waals surface area (Å²) in [5.74, 6) is 1.14. The van der Waals surface area contributed by atoms with Crippen LogP contribution in [0, 0.1) is 0 Å². The Morgan fingerprint density at radius 1 is 0.853 bits per heavy atom. The van der Waals surface area contributed by atoms with E-state index in [9.17, 15) is 4.79 Å². The van der Waals surface area contributed by atoms with E-state index in [0.717, 1.165) is 11.1 Å². The van der Waals surface area contributed by atoms with Crippen molar-refractivity contribution in [1.29, 1.82) is 0 Å². The maximum Gasteiger partial charge on any atom is 0.248 e. The summed E-state index contributed by atoms with van der Waals surface area (Å²) in [6.45, 7) is 0. The summed E-state index contributed by atoms with van der Waals surface area (Å²) < 4.78 is 11.6. The SMILES string of the molecule is O=C(/C=C/c1ccc(-c2cc(Cl)cc(Cl)c2)o1)Nc1cc(-c2nc3ccccc3o2)ccc1Cl. The van der Waals surface area contributed by atoms with Crippen LogP contribution >= 0.6 is 34.8 Å². The summed E-state index contributed by atoms with van der Waals surface area (Å²) >= 11 is 18.4. The molecule has 8 heteroatoms. The van der Waals surface area contributed by atoms with Gasteiger partial charge in [-0.2, -0.15) is 0 Å². The molecule has 5 nitrogen and oxygen atoms in total. The Morgan fingerprint density at radius 3 is 2.44 bits per heavy atom. The molecule has 5 rings (SSSR count). The summed E-state index contributed by atoms with van der Waals surface area (Å²) in [4.78, 5) is 17.0. The molecule has 1 amide bonds. The van der Waals surface area contributed by atoms with Gasteiger partial charge in [0, 0.05) is 27.2 Å². The monoisotopic (exact) mass is 508 g/mol. The Labute approximate surface area is 209 Å². The van der Waals surface area contributed by atoms with E-state index in [2.05, 4.69) is 10.3 Å². The van der Waals surface area contributed by atoms with Gasteiger partial charge in [0.1, 0.15) is 17.0 Å². The van der Waals surface area contributed by atoms with Gasteiger partial charge >= 0.3 is 0 Å². The minimum atomic E-state index is -0.375. The maximum absolute atomic E-state index is 12.5. The number of carbonyl (C=O) groups is 1. The van der Waals surface area contributed by atoms with Gasteiger partial charge in [0.05, 0.1) is 10.7 Å². The third-order valence-electron chi connectivity index (χ3n) is 4.94. The summed E-state index contributed by atoms with van der Waals surface area (Å²) in [7, 11) is 0. The van der Waals surface area contributed by atoms with E-state index in [1.807, 2.05) is 24.3 Å². The van der Waals surface area contributed by atoms with Crippen LogP contribution in [-0.4, -0.2) is 10.9 Å². The Kier molecular flexibility index (Phi) is 6.16. The van der Waals surface area contributed by atoms with Gasteiger partial charge in [-0.05, 0) is 66.7 Å². The predicted octanol–water partition coefficient (Wildman–Crippen LogP) is 8.37. The third-order valence-corrected chi connectivity index (χ3v) is 5.70. The quantitative estimate of drug-likeness (QED) is 0.242. The minimum Gasteiger partial charge on any atom is -0.457 e. The number of para-hydroxylation sites is 2. The third kappa shape index (κ3) is 4.87. The van der Waals surface area contributed by atoms with E-state index in [4.69, 9.17) is 43.6 Å². The van der Waals surface area contributed by atoms with Gasteiger partial charge in [-0.25, -0.2) is 4.98 Å². The molecule has 0 fully saturated rings. The standard InChI is InChI=1S/C26H15Cl3N2O3/c27-17-11-16(12-18(28)14-17)23-9-6-19(33-23)7-10-25(32)30-22-13-15(5-8-20(22)29)26-31-21-3-1-2-4-24(21)34-26/h1-14H,(H,30,32)/b10-7+. The number of hydrogen-bond donors (Lipinski definition) is 1. The van der Waals surface area contributed by atoms with Crippen molar-refractivity contribution >= 4 is 63.6 Å². The average molecular weight is 510 g/mol. The van der Waals surface area contributed by atoms with Crippen molar-refractivity contribution in [3.05, 3.63) is 99.7 Å². The van der Waals surface area contributed by atoms with Gasteiger partial charge in [0.2, 0.25) is 11.8 Å². The number of anilines is 1. The summed E-state index contributed by atoms with van der Waals surface area (Å²) in [6, 6.07) is 21.3. The highest BCUT2D eigenvalue weighted by Crippen LogP contribution is 2.31. The van der Waals surface area contributed by atoms with E-state index in [0.29, 0.717) is 49.3 Å². The van der Waals surface area contributed by atoms with Gasteiger partial charge in [-0.15, -0.1) is 0 Å². The highest BCUT2D eigenvalue weighted by atomic mass is 35.5. The second-order valence-corrected chi connectivity index (χ2v) is 8.64. The van der Waals surface area contributed by atoms with Crippen LogP contribution in [-0.2, 0) is 4.79 Å². The van der Waals surface area contributed by atoms with E-state index in [1.165, 1.54) is 6.08 Å². The molecule has 168 valence electrons. The van der Waals surface area contributed by atoms with Crippen molar-refractivity contribution in [2.45, 2.75) is 0 Å². The van der Waals surface area contributed by atoms with Crippen LogP contribution < -0.4 is 5.32 Å². The predicted molar refractivity (Wildman–Crippen MR) is 136 cm³/mol. The number of hydrogen-bond acceptors (Lipinski definition) is 4. The molecule has 34 heavy (non-hydrogen) atoms. The molecule has 0 saturated heterocycles. The molecule has 0 saturated carbocycles. The lowest BCUT2D eigenvalue weighted by Gasteiger charge is -2.06. The smallest absolute Gasteiger partial charge is 0.248 e. The summed E-state index contributed by atoms with van der Waals surface area (Å²) in [5.41, 5.74) is 3.29. The average Bonchev–Trinajstić information content (AvgIpc) is 3.46. The maximum atomic E-state index is 12.5. The molecule has 0 spiro atoms. The van der Waals surface area contributed by atoms with Gasteiger partial charge < -0.3 is 14.2 Å². The molecule has 2 heterocycles. The molecule has 2 aromatic heterocycles. The molecule has 3 aromatic carbocycles. The fourth-order valence-corrected chi connectivity index (χ4v) is 4.07. The van der Waals surface area contributed by atoms with Crippen LogP contribution in [0.3, 0.4) is 0 Å². The normalized spacial score (nSPS) is 11.4. The van der Waals surface area contributed by atoms with Gasteiger partial charge in [-0.1, -0.05) is 46.9 Å². The molecule has 0 atom stereocenters. The highest BCUT2D eigenvalue weighted by Gasteiger charge is 2.12. The van der Waals surface area contributed by atoms with Crippen LogP contribution in [0.25, 0.3) is 40.0 Å². The first-order valence-corrected chi connectivity index (χ1v) is 11.3. The second kappa shape index (κ2) is 9.39. The lowest BCUT2D eigenvalue weighted by molar-refractivity contribution is -0.111. The zero-order chi connectivity index (χ0) is 23.7. The molecule has 0 radical (unpaired) electrons. The molecule has 5 aromatic rings. The van der Waals surface area contributed by atoms with Crippen molar-refractivity contribution < 1.29 is 13.6 Å². The molecule has 1 N–H and O–H groups in total. The van der Waals surface area contributed by atoms with Crippen molar-refractivity contribution in [2.75, 3.05) is 5.32 Å². The molecule has 0 aliphatic rings. The zero-order valence-electron chi connectivity index (χ0n) is 17.4. The van der Waals surface area contributed by atoms with E-state index in [-0.39, 0.29) is 5.91 Å². The van der Waals surface area contributed by atoms with Crippen LogP contribution in [0.4, 0.5) is 5.69 Å². The number of nitrogens with one attached hydrogen (secondary N) is 1. The Balaban J connectivity index is 1.32. The van der Waals surface area contributed by atoms with Crippen molar-refractivity contribution in [1.82, 2.24) is 4.98 Å². The van der Waals surface area contributed by atoms with Crippen molar-refractivity contribution in [2.24, 2.45) is 0 Å². The number of rotatable bonds is 5. The lowest BCUT2D eigenvalue weighted by atomic mass is 10.2. The number of furan rings is 1. The van der Waals surface area contributed by atoms with E-state index in [1.54, 1.807) is 54.6 Å². The number of aromatic nitrogens is 1. The molecule has 0 aliphatic carbocycles. The fraction of sp³-hybridized carbons (Fsp3) is 0. The Morgan fingerprint density at radius 2 is 1.65 bits per heavy atom. The molecule has 0 aliphatic heterocycles. The molecule has 0 bridgehead atoms. The molecular formula is C26H15Cl3N2O3.